The predicted octanol–water partition coefficient (Wildman–Crippen LogP) is 1.93. The molecule has 2 heterocycles. The molecule has 2 fully saturated rings. The number of rotatable bonds is 5. The zero-order valence-electron chi connectivity index (χ0n) is 13.7. The number of hydrogen-bond acceptors (Lipinski definition) is 6. The van der Waals surface area contributed by atoms with Gasteiger partial charge in [0.05, 0.1) is 18.2 Å². The molecule has 3 N–H and O–H groups in total. The van der Waals surface area contributed by atoms with Gasteiger partial charge >= 0.3 is 0 Å². The molecule has 1 aromatic rings. The zero-order chi connectivity index (χ0) is 16.1. The van der Waals surface area contributed by atoms with Crippen LogP contribution in [-0.4, -0.2) is 51.5 Å². The first kappa shape index (κ1) is 16.5. The van der Waals surface area contributed by atoms with Crippen LogP contribution >= 0.6 is 0 Å². The lowest BCUT2D eigenvalue weighted by Gasteiger charge is -2.27. The lowest BCUT2D eigenvalue weighted by molar-refractivity contribution is 0.0380. The highest BCUT2D eigenvalue weighted by atomic mass is 16.3. The molecule has 0 amide bonds. The van der Waals surface area contributed by atoms with E-state index < -0.39 is 5.60 Å². The van der Waals surface area contributed by atoms with Gasteiger partial charge in [0.2, 0.25) is 0 Å². The van der Waals surface area contributed by atoms with Gasteiger partial charge in [-0.2, -0.15) is 0 Å². The normalized spacial score (nSPS) is 24.4. The fraction of sp³-hybridized carbons (Fsp3) is 0.765. The van der Waals surface area contributed by atoms with Gasteiger partial charge in [-0.3, -0.25) is 0 Å². The number of nitrogens with zero attached hydrogens (tertiary/aromatic N) is 3. The summed E-state index contributed by atoms with van der Waals surface area (Å²) in [6.07, 6.45) is 9.99. The first-order chi connectivity index (χ1) is 11.2. The molecule has 0 bridgehead atoms. The Morgan fingerprint density at radius 1 is 1.17 bits per heavy atom. The van der Waals surface area contributed by atoms with Crippen molar-refractivity contribution in [2.24, 2.45) is 0 Å². The van der Waals surface area contributed by atoms with Gasteiger partial charge in [-0.1, -0.05) is 25.7 Å². The molecule has 0 spiro atoms. The predicted molar refractivity (Wildman–Crippen MR) is 90.6 cm³/mol. The Morgan fingerprint density at radius 2 is 1.96 bits per heavy atom. The Morgan fingerprint density at radius 3 is 2.70 bits per heavy atom. The number of aromatic nitrogens is 2. The van der Waals surface area contributed by atoms with Crippen LogP contribution in [0, 0.1) is 0 Å². The van der Waals surface area contributed by atoms with Crippen molar-refractivity contribution < 1.29 is 10.2 Å². The van der Waals surface area contributed by atoms with Crippen molar-refractivity contribution in [1.29, 1.82) is 0 Å². The Bertz CT molecular complexity index is 503. The lowest BCUT2D eigenvalue weighted by Crippen LogP contribution is -2.36. The summed E-state index contributed by atoms with van der Waals surface area (Å²) in [6, 6.07) is 2.08. The fourth-order valence-corrected chi connectivity index (χ4v) is 3.75. The molecule has 3 rings (SSSR count). The minimum atomic E-state index is -0.622. The highest BCUT2D eigenvalue weighted by Gasteiger charge is 2.28. The number of aliphatic hydroxyl groups excluding tert-OH is 1. The van der Waals surface area contributed by atoms with Gasteiger partial charge in [0.15, 0.2) is 0 Å². The van der Waals surface area contributed by atoms with E-state index in [2.05, 4.69) is 20.2 Å². The molecule has 0 aromatic carbocycles. The monoisotopic (exact) mass is 320 g/mol. The largest absolute Gasteiger partial charge is 0.394 e. The number of aliphatic hydroxyl groups is 2. The first-order valence-electron chi connectivity index (χ1n) is 8.86. The molecular formula is C17H28N4O2. The Hall–Kier alpha value is -1.40. The molecule has 1 atom stereocenters. The third kappa shape index (κ3) is 4.12. The average Bonchev–Trinajstić information content (AvgIpc) is 2.95. The van der Waals surface area contributed by atoms with Crippen LogP contribution in [0.3, 0.4) is 0 Å². The molecule has 2 aliphatic rings. The highest BCUT2D eigenvalue weighted by molar-refractivity contribution is 5.50. The van der Waals surface area contributed by atoms with Gasteiger partial charge in [0.25, 0.3) is 0 Å². The van der Waals surface area contributed by atoms with Crippen molar-refractivity contribution in [2.45, 2.75) is 63.0 Å². The molecule has 1 aliphatic carbocycles. The average molecular weight is 320 g/mol. The highest BCUT2D eigenvalue weighted by Crippen LogP contribution is 2.28. The summed E-state index contributed by atoms with van der Waals surface area (Å²) < 4.78 is 0. The SMILES string of the molecule is OCC1CCCN1c1cc(NCC2(O)CCCCCC2)ncn1. The van der Waals surface area contributed by atoms with Crippen molar-refractivity contribution in [3.05, 3.63) is 12.4 Å². The van der Waals surface area contributed by atoms with E-state index in [-0.39, 0.29) is 12.6 Å². The molecule has 1 aromatic heterocycles. The summed E-state index contributed by atoms with van der Waals surface area (Å²) in [5.41, 5.74) is -0.622. The standard InChI is InChI=1S/C17H28N4O2/c22-11-14-6-5-9-21(14)16-10-15(19-13-20-16)18-12-17(23)7-3-1-2-4-8-17/h10,13-14,22-23H,1-9,11-12H2,(H,18,19,20). The second kappa shape index (κ2) is 7.45. The van der Waals surface area contributed by atoms with Crippen LogP contribution in [0.25, 0.3) is 0 Å². The van der Waals surface area contributed by atoms with E-state index in [0.717, 1.165) is 56.7 Å². The maximum Gasteiger partial charge on any atom is 0.134 e. The summed E-state index contributed by atoms with van der Waals surface area (Å²) in [7, 11) is 0. The van der Waals surface area contributed by atoms with Gasteiger partial charge in [-0.25, -0.2) is 9.97 Å². The van der Waals surface area contributed by atoms with Crippen LogP contribution in [-0.2, 0) is 0 Å². The molecule has 1 aliphatic heterocycles. The van der Waals surface area contributed by atoms with Crippen LogP contribution in [0.1, 0.15) is 51.4 Å². The van der Waals surface area contributed by atoms with Crippen LogP contribution in [0.15, 0.2) is 12.4 Å². The van der Waals surface area contributed by atoms with Crippen LogP contribution in [0.5, 0.6) is 0 Å². The van der Waals surface area contributed by atoms with Crippen molar-refractivity contribution in [2.75, 3.05) is 29.9 Å². The van der Waals surface area contributed by atoms with Gasteiger partial charge in [-0.15, -0.1) is 0 Å². The van der Waals surface area contributed by atoms with Crippen molar-refractivity contribution in [3.63, 3.8) is 0 Å². The minimum absolute atomic E-state index is 0.156. The topological polar surface area (TPSA) is 81.5 Å². The maximum absolute atomic E-state index is 10.7. The van der Waals surface area contributed by atoms with Gasteiger partial charge in [-0.05, 0) is 25.7 Å². The molecule has 1 saturated carbocycles. The van der Waals surface area contributed by atoms with Gasteiger partial charge in [0.1, 0.15) is 18.0 Å². The second-order valence-corrected chi connectivity index (χ2v) is 6.93. The molecule has 128 valence electrons. The number of hydrogen-bond donors (Lipinski definition) is 3. The molecule has 1 unspecified atom stereocenters. The summed E-state index contributed by atoms with van der Waals surface area (Å²) in [5.74, 6) is 1.60. The van der Waals surface area contributed by atoms with Gasteiger partial charge < -0.3 is 20.4 Å². The van der Waals surface area contributed by atoms with E-state index in [1.54, 1.807) is 6.33 Å². The molecular weight excluding hydrogens is 292 g/mol. The van der Waals surface area contributed by atoms with E-state index >= 15 is 0 Å². The fourth-order valence-electron chi connectivity index (χ4n) is 3.75. The smallest absolute Gasteiger partial charge is 0.134 e. The van der Waals surface area contributed by atoms with Crippen LogP contribution < -0.4 is 10.2 Å². The molecule has 6 heteroatoms. The van der Waals surface area contributed by atoms with E-state index in [0.29, 0.717) is 6.54 Å². The first-order valence-corrected chi connectivity index (χ1v) is 8.86. The third-order valence-corrected chi connectivity index (χ3v) is 5.17. The van der Waals surface area contributed by atoms with Crippen molar-refractivity contribution in [3.8, 4) is 0 Å². The Balaban J connectivity index is 1.63. The van der Waals surface area contributed by atoms with Crippen molar-refractivity contribution >= 4 is 11.6 Å². The number of nitrogens with one attached hydrogen (secondary N) is 1. The Kier molecular flexibility index (Phi) is 5.33. The summed E-state index contributed by atoms with van der Waals surface area (Å²) >= 11 is 0. The molecule has 23 heavy (non-hydrogen) atoms. The third-order valence-electron chi connectivity index (χ3n) is 5.17. The van der Waals surface area contributed by atoms with E-state index in [1.165, 1.54) is 12.8 Å². The number of anilines is 2. The van der Waals surface area contributed by atoms with Crippen LogP contribution in [0.2, 0.25) is 0 Å². The van der Waals surface area contributed by atoms with E-state index in [9.17, 15) is 10.2 Å². The molecule has 6 nitrogen and oxygen atoms in total. The van der Waals surface area contributed by atoms with E-state index in [1.807, 2.05) is 6.07 Å². The van der Waals surface area contributed by atoms with Crippen molar-refractivity contribution in [1.82, 2.24) is 9.97 Å². The second-order valence-electron chi connectivity index (χ2n) is 6.93. The zero-order valence-corrected chi connectivity index (χ0v) is 13.7. The lowest BCUT2D eigenvalue weighted by atomic mass is 9.94. The van der Waals surface area contributed by atoms with E-state index in [4.69, 9.17) is 0 Å². The summed E-state index contributed by atoms with van der Waals surface area (Å²) in [6.45, 7) is 1.62. The molecule has 0 radical (unpaired) electrons. The quantitative estimate of drug-likeness (QED) is 0.719. The van der Waals surface area contributed by atoms with Gasteiger partial charge in [0, 0.05) is 19.2 Å². The maximum atomic E-state index is 10.7. The van der Waals surface area contributed by atoms with Crippen LogP contribution in [0.4, 0.5) is 11.6 Å². The Labute approximate surface area is 138 Å². The summed E-state index contributed by atoms with van der Waals surface area (Å²) in [4.78, 5) is 10.8. The minimum Gasteiger partial charge on any atom is -0.394 e. The summed E-state index contributed by atoms with van der Waals surface area (Å²) in [5, 5.41) is 23.5. The molecule has 1 saturated heterocycles.